The molecule has 2 aromatic carbocycles. The number of ether oxygens (including phenoxy) is 1. The number of Topliss-reactive ketones (excluding diaryl/α,β-unsaturated/α-hetero) is 3. The van der Waals surface area contributed by atoms with Gasteiger partial charge in [-0.3, -0.25) is 9.59 Å². The van der Waals surface area contributed by atoms with E-state index in [1.807, 2.05) is 0 Å². The van der Waals surface area contributed by atoms with Gasteiger partial charge in [0.2, 0.25) is 0 Å². The van der Waals surface area contributed by atoms with E-state index in [-0.39, 0.29) is 53.5 Å². The molecule has 0 saturated heterocycles. The van der Waals surface area contributed by atoms with Crippen molar-refractivity contribution >= 4 is 34.1 Å². The zero-order valence-corrected chi connectivity index (χ0v) is 18.8. The molecule has 2 aliphatic rings. The zero-order valence-electron chi connectivity index (χ0n) is 18.8. The van der Waals surface area contributed by atoms with Gasteiger partial charge < -0.3 is 19.7 Å². The van der Waals surface area contributed by atoms with Crippen molar-refractivity contribution in [3.05, 3.63) is 34.4 Å². The fourth-order valence-electron chi connectivity index (χ4n) is 5.19. The lowest BCUT2D eigenvalue weighted by atomic mass is 9.58. The van der Waals surface area contributed by atoms with Crippen LogP contribution in [0.25, 0.3) is 10.8 Å². The molecule has 4 rings (SSSR count). The van der Waals surface area contributed by atoms with E-state index in [0.29, 0.717) is 21.9 Å². The van der Waals surface area contributed by atoms with E-state index in [1.54, 1.807) is 26.8 Å². The Labute approximate surface area is 185 Å². The number of fused-ring (bicyclic) bond motifs is 4. The molecule has 0 amide bonds. The maximum Gasteiger partial charge on any atom is 0.342 e. The minimum absolute atomic E-state index is 0.0243. The van der Waals surface area contributed by atoms with Gasteiger partial charge in [0, 0.05) is 18.2 Å². The fourth-order valence-corrected chi connectivity index (χ4v) is 5.19. The Hall–Kier alpha value is -3.22. The number of benzene rings is 2. The standard InChI is InChI=1S/C25H26O7/c1-11(26)6-7-25(5)21(29)19-15(24(3,4)23(25)31)9-13-10-16(27)18-14(17(13)20(19)28)8-12(2)32-22(18)30/h9-10,12,27-28H,6-8H2,1-5H3/t12-,25-/m0/s1. The van der Waals surface area contributed by atoms with Crippen molar-refractivity contribution in [1.29, 1.82) is 0 Å². The van der Waals surface area contributed by atoms with Gasteiger partial charge in [-0.15, -0.1) is 0 Å². The number of ketones is 3. The van der Waals surface area contributed by atoms with Gasteiger partial charge in [-0.25, -0.2) is 4.79 Å². The molecular weight excluding hydrogens is 412 g/mol. The molecule has 0 spiro atoms. The lowest BCUT2D eigenvalue weighted by molar-refractivity contribution is -0.131. The molecule has 1 heterocycles. The van der Waals surface area contributed by atoms with Crippen molar-refractivity contribution in [3.8, 4) is 11.5 Å². The SMILES string of the molecule is CC(=O)CC[C@@]1(C)C(=O)c2c(cc3cc(O)c4c(c3c2O)C[C@H](C)OC4=O)C(C)(C)C1=O. The second-order valence-corrected chi connectivity index (χ2v) is 9.73. The molecule has 0 saturated carbocycles. The number of cyclic esters (lactones) is 1. The first-order chi connectivity index (χ1) is 14.8. The number of phenols is 2. The first kappa shape index (κ1) is 22.0. The van der Waals surface area contributed by atoms with E-state index >= 15 is 0 Å². The molecule has 0 fully saturated rings. The van der Waals surface area contributed by atoms with Crippen LogP contribution in [0.1, 0.15) is 79.3 Å². The van der Waals surface area contributed by atoms with Crippen LogP contribution >= 0.6 is 0 Å². The van der Waals surface area contributed by atoms with Crippen LogP contribution in [0.2, 0.25) is 0 Å². The summed E-state index contributed by atoms with van der Waals surface area (Å²) in [6, 6.07) is 2.98. The quantitative estimate of drug-likeness (QED) is 0.553. The van der Waals surface area contributed by atoms with Gasteiger partial charge in [0.15, 0.2) is 11.6 Å². The predicted octanol–water partition coefficient (Wildman–Crippen LogP) is 3.77. The summed E-state index contributed by atoms with van der Waals surface area (Å²) < 4.78 is 5.23. The highest BCUT2D eigenvalue weighted by atomic mass is 16.5. The minimum atomic E-state index is -1.46. The molecular formula is C25H26O7. The molecule has 2 N–H and O–H groups in total. The van der Waals surface area contributed by atoms with E-state index in [4.69, 9.17) is 4.74 Å². The maximum atomic E-state index is 13.6. The number of esters is 1. The van der Waals surface area contributed by atoms with Gasteiger partial charge >= 0.3 is 5.97 Å². The summed E-state index contributed by atoms with van der Waals surface area (Å²) in [7, 11) is 0. The summed E-state index contributed by atoms with van der Waals surface area (Å²) in [4.78, 5) is 51.1. The fraction of sp³-hybridized carbons (Fsp3) is 0.440. The summed E-state index contributed by atoms with van der Waals surface area (Å²) >= 11 is 0. The van der Waals surface area contributed by atoms with Crippen LogP contribution in [0.15, 0.2) is 12.1 Å². The van der Waals surface area contributed by atoms with Gasteiger partial charge in [0.1, 0.15) is 28.9 Å². The molecule has 168 valence electrons. The third kappa shape index (κ3) is 2.87. The van der Waals surface area contributed by atoms with E-state index in [0.717, 1.165) is 0 Å². The maximum absolute atomic E-state index is 13.6. The van der Waals surface area contributed by atoms with Crippen LogP contribution < -0.4 is 0 Å². The van der Waals surface area contributed by atoms with Crippen molar-refractivity contribution in [3.63, 3.8) is 0 Å². The van der Waals surface area contributed by atoms with Crippen molar-refractivity contribution in [2.75, 3.05) is 0 Å². The van der Waals surface area contributed by atoms with E-state index < -0.39 is 28.7 Å². The van der Waals surface area contributed by atoms with Gasteiger partial charge in [0.25, 0.3) is 0 Å². The lowest BCUT2D eigenvalue weighted by Crippen LogP contribution is -2.51. The van der Waals surface area contributed by atoms with Crippen LogP contribution in [0.3, 0.4) is 0 Å². The van der Waals surface area contributed by atoms with Crippen LogP contribution in [-0.2, 0) is 26.2 Å². The highest BCUT2D eigenvalue weighted by molar-refractivity contribution is 6.24. The number of carbonyl (C=O) groups is 4. The van der Waals surface area contributed by atoms with Gasteiger partial charge in [-0.05, 0) is 69.7 Å². The number of rotatable bonds is 3. The molecule has 0 bridgehead atoms. The van der Waals surface area contributed by atoms with E-state index in [2.05, 4.69) is 0 Å². The Morgan fingerprint density at radius 1 is 1.12 bits per heavy atom. The lowest BCUT2D eigenvalue weighted by Gasteiger charge is -2.41. The number of carbonyl (C=O) groups excluding carboxylic acids is 4. The van der Waals surface area contributed by atoms with Crippen molar-refractivity contribution < 1.29 is 34.1 Å². The first-order valence-corrected chi connectivity index (χ1v) is 10.7. The molecule has 7 nitrogen and oxygen atoms in total. The molecule has 1 aliphatic carbocycles. The predicted molar refractivity (Wildman–Crippen MR) is 116 cm³/mol. The highest BCUT2D eigenvalue weighted by Gasteiger charge is 2.55. The number of hydrogen-bond donors (Lipinski definition) is 2. The van der Waals surface area contributed by atoms with Gasteiger partial charge in [0.05, 0.1) is 16.4 Å². The average Bonchev–Trinajstić information content (AvgIpc) is 2.68. The van der Waals surface area contributed by atoms with E-state index in [1.165, 1.54) is 19.9 Å². The number of hydrogen-bond acceptors (Lipinski definition) is 7. The third-order valence-corrected chi connectivity index (χ3v) is 6.93. The Morgan fingerprint density at radius 2 is 1.78 bits per heavy atom. The molecule has 7 heteroatoms. The van der Waals surface area contributed by atoms with Crippen molar-refractivity contribution in [1.82, 2.24) is 0 Å². The molecule has 0 aromatic heterocycles. The van der Waals surface area contributed by atoms with Crippen molar-refractivity contribution in [2.45, 2.75) is 65.4 Å². The normalized spacial score (nSPS) is 24.2. The Kier molecular flexibility index (Phi) is 4.73. The Balaban J connectivity index is 2.06. The summed E-state index contributed by atoms with van der Waals surface area (Å²) in [6.45, 7) is 8.02. The topological polar surface area (TPSA) is 118 Å². The highest BCUT2D eigenvalue weighted by Crippen LogP contribution is 2.51. The summed E-state index contributed by atoms with van der Waals surface area (Å²) in [6.07, 6.45) is -0.0845. The minimum Gasteiger partial charge on any atom is -0.507 e. The summed E-state index contributed by atoms with van der Waals surface area (Å²) in [5, 5.41) is 22.6. The summed E-state index contributed by atoms with van der Waals surface area (Å²) in [5.41, 5.74) is -1.79. The van der Waals surface area contributed by atoms with Crippen LogP contribution in [-0.4, -0.2) is 39.6 Å². The molecule has 2 aromatic rings. The van der Waals surface area contributed by atoms with Gasteiger partial charge in [-0.2, -0.15) is 0 Å². The average molecular weight is 438 g/mol. The van der Waals surface area contributed by atoms with Crippen LogP contribution in [0.4, 0.5) is 0 Å². The van der Waals surface area contributed by atoms with Crippen LogP contribution in [0, 0.1) is 5.41 Å². The van der Waals surface area contributed by atoms with E-state index in [9.17, 15) is 29.4 Å². The zero-order chi connectivity index (χ0) is 23.7. The molecule has 1 aliphatic heterocycles. The summed E-state index contributed by atoms with van der Waals surface area (Å²) in [5.74, 6) is -2.26. The number of phenolic OH excluding ortho intramolecular Hbond substituents is 2. The monoisotopic (exact) mass is 438 g/mol. The van der Waals surface area contributed by atoms with Gasteiger partial charge in [-0.1, -0.05) is 0 Å². The Bertz CT molecular complexity index is 1240. The smallest absolute Gasteiger partial charge is 0.342 e. The van der Waals surface area contributed by atoms with Crippen molar-refractivity contribution in [2.24, 2.45) is 5.41 Å². The second-order valence-electron chi connectivity index (χ2n) is 9.73. The molecule has 2 atom stereocenters. The molecule has 32 heavy (non-hydrogen) atoms. The van der Waals surface area contributed by atoms with Crippen LogP contribution in [0.5, 0.6) is 11.5 Å². The third-order valence-electron chi connectivity index (χ3n) is 6.93. The second kappa shape index (κ2) is 6.89. The number of aromatic hydroxyl groups is 2. The largest absolute Gasteiger partial charge is 0.507 e. The Morgan fingerprint density at radius 3 is 2.41 bits per heavy atom. The first-order valence-electron chi connectivity index (χ1n) is 10.7. The molecule has 0 unspecified atom stereocenters. The molecule has 0 radical (unpaired) electrons.